The van der Waals surface area contributed by atoms with Gasteiger partial charge in [-0.25, -0.2) is 0 Å². The number of hydrogen-bond acceptors (Lipinski definition) is 5. The van der Waals surface area contributed by atoms with Gasteiger partial charge in [-0.15, -0.1) is 24.8 Å². The summed E-state index contributed by atoms with van der Waals surface area (Å²) in [7, 11) is -1.34. The summed E-state index contributed by atoms with van der Waals surface area (Å²) in [5, 5.41) is 30.0. The maximum atomic E-state index is 11.4. The summed E-state index contributed by atoms with van der Waals surface area (Å²) in [4.78, 5) is 11.4. The highest BCUT2D eigenvalue weighted by Crippen LogP contribution is 2.17. The number of benzene rings is 1. The van der Waals surface area contributed by atoms with Crippen LogP contribution in [0.3, 0.4) is 0 Å². The Morgan fingerprint density at radius 3 is 2.29 bits per heavy atom. The van der Waals surface area contributed by atoms with Crippen molar-refractivity contribution in [1.29, 1.82) is 0 Å². The molecule has 6 nitrogen and oxygen atoms in total. The third-order valence-electron chi connectivity index (χ3n) is 3.68. The van der Waals surface area contributed by atoms with E-state index in [4.69, 9.17) is 15.8 Å². The quantitative estimate of drug-likeness (QED) is 0.293. The molecule has 6 N–H and O–H groups in total. The molecule has 0 saturated carbocycles. The summed E-state index contributed by atoms with van der Waals surface area (Å²) < 4.78 is 0. The van der Waals surface area contributed by atoms with Crippen molar-refractivity contribution in [3.8, 4) is 0 Å². The predicted octanol–water partition coefficient (Wildman–Crippen LogP) is 1.44. The van der Waals surface area contributed by atoms with E-state index in [1.807, 2.05) is 30.3 Å². The van der Waals surface area contributed by atoms with E-state index in [2.05, 4.69) is 5.32 Å². The molecule has 9 heteroatoms. The molecule has 0 radical (unpaired) electrons. The topological polar surface area (TPSA) is 116 Å². The number of aliphatic carboxylic acids is 1. The number of rotatable bonds is 11. The van der Waals surface area contributed by atoms with Gasteiger partial charge in [-0.3, -0.25) is 4.79 Å². The van der Waals surface area contributed by atoms with Crippen molar-refractivity contribution in [1.82, 2.24) is 5.32 Å². The van der Waals surface area contributed by atoms with Crippen LogP contribution < -0.4 is 11.1 Å². The second kappa shape index (κ2) is 13.5. The molecular formula is C15H27BCl2N2O4. The number of hydrogen-bond donors (Lipinski definition) is 5. The first kappa shape index (κ1) is 25.4. The minimum Gasteiger partial charge on any atom is -0.480 e. The minimum atomic E-state index is -1.34. The Morgan fingerprint density at radius 1 is 1.12 bits per heavy atom. The van der Waals surface area contributed by atoms with Gasteiger partial charge in [0.1, 0.15) is 5.54 Å². The number of halogens is 2. The molecular weight excluding hydrogens is 354 g/mol. The zero-order chi connectivity index (χ0) is 16.4. The molecule has 0 bridgehead atoms. The number of carbonyl (C=O) groups is 1. The number of nitrogens with one attached hydrogen (secondary N) is 1. The fourth-order valence-electron chi connectivity index (χ4n) is 2.25. The van der Waals surface area contributed by atoms with E-state index in [1.54, 1.807) is 0 Å². The van der Waals surface area contributed by atoms with Crippen LogP contribution in [0.5, 0.6) is 0 Å². The summed E-state index contributed by atoms with van der Waals surface area (Å²) in [6.45, 7) is 1.19. The molecule has 0 aromatic heterocycles. The molecule has 1 aromatic carbocycles. The largest absolute Gasteiger partial charge is 0.480 e. The molecule has 1 unspecified atom stereocenters. The van der Waals surface area contributed by atoms with Crippen LogP contribution in [0.15, 0.2) is 30.3 Å². The fourth-order valence-corrected chi connectivity index (χ4v) is 2.25. The molecule has 0 aliphatic heterocycles. The van der Waals surface area contributed by atoms with E-state index in [0.29, 0.717) is 38.8 Å². The van der Waals surface area contributed by atoms with E-state index >= 15 is 0 Å². The smallest absolute Gasteiger partial charge is 0.451 e. The van der Waals surface area contributed by atoms with Crippen molar-refractivity contribution < 1.29 is 19.9 Å². The third kappa shape index (κ3) is 10.1. The Hall–Kier alpha value is -0.825. The van der Waals surface area contributed by atoms with E-state index in [0.717, 1.165) is 5.56 Å². The van der Waals surface area contributed by atoms with Gasteiger partial charge in [0, 0.05) is 6.54 Å². The molecule has 24 heavy (non-hydrogen) atoms. The van der Waals surface area contributed by atoms with Crippen LogP contribution >= 0.6 is 24.8 Å². The van der Waals surface area contributed by atoms with Gasteiger partial charge in [0.05, 0.1) is 0 Å². The zero-order valence-electron chi connectivity index (χ0n) is 13.6. The fraction of sp³-hybridized carbons (Fsp3) is 0.533. The van der Waals surface area contributed by atoms with Crippen molar-refractivity contribution >= 4 is 37.9 Å². The second-order valence-electron chi connectivity index (χ2n) is 5.60. The Labute approximate surface area is 155 Å². The average molecular weight is 381 g/mol. The standard InChI is InChI=1S/C15H25BN2O4.2ClH/c17-15(14(19)20,8-4-5-10-16(21)22)9-11-18-12-13-6-2-1-3-7-13;;/h1-3,6-7,18,21-22H,4-5,8-12,17H2,(H,19,20);2*1H. The molecule has 0 heterocycles. The number of carboxylic acids is 1. The lowest BCUT2D eigenvalue weighted by atomic mass is 9.81. The molecule has 0 aliphatic rings. The lowest BCUT2D eigenvalue weighted by molar-refractivity contribution is -0.143. The summed E-state index contributed by atoms with van der Waals surface area (Å²) in [6, 6.07) is 9.86. The molecule has 1 atom stereocenters. The minimum absolute atomic E-state index is 0. The number of unbranched alkanes of at least 4 members (excludes halogenated alkanes) is 1. The normalized spacial score (nSPS) is 12.5. The molecule has 1 rings (SSSR count). The van der Waals surface area contributed by atoms with Gasteiger partial charge in [0.25, 0.3) is 0 Å². The third-order valence-corrected chi connectivity index (χ3v) is 3.68. The number of nitrogens with two attached hydrogens (primary N) is 1. The summed E-state index contributed by atoms with van der Waals surface area (Å²) >= 11 is 0. The van der Waals surface area contributed by atoms with Crippen LogP contribution in [0.2, 0.25) is 6.32 Å². The van der Waals surface area contributed by atoms with Crippen LogP contribution in [-0.2, 0) is 11.3 Å². The zero-order valence-corrected chi connectivity index (χ0v) is 15.2. The SMILES string of the molecule is Cl.Cl.NC(CCCCB(O)O)(CCNCc1ccccc1)C(=O)O. The van der Waals surface area contributed by atoms with E-state index in [1.165, 1.54) is 0 Å². The molecule has 1 aromatic rings. The van der Waals surface area contributed by atoms with E-state index in [9.17, 15) is 9.90 Å². The molecule has 0 fully saturated rings. The van der Waals surface area contributed by atoms with Gasteiger partial charge in [-0.05, 0) is 31.3 Å². The van der Waals surface area contributed by atoms with Crippen molar-refractivity contribution in [3.05, 3.63) is 35.9 Å². The van der Waals surface area contributed by atoms with Crippen molar-refractivity contribution in [3.63, 3.8) is 0 Å². The first-order chi connectivity index (χ1) is 10.4. The van der Waals surface area contributed by atoms with Crippen LogP contribution in [-0.4, -0.2) is 40.3 Å². The van der Waals surface area contributed by atoms with Crippen LogP contribution in [0.25, 0.3) is 0 Å². The van der Waals surface area contributed by atoms with Crippen molar-refractivity contribution in [2.75, 3.05) is 6.54 Å². The Balaban J connectivity index is 0. The lowest BCUT2D eigenvalue weighted by Crippen LogP contribution is -2.49. The van der Waals surface area contributed by atoms with Crippen LogP contribution in [0.4, 0.5) is 0 Å². The highest BCUT2D eigenvalue weighted by molar-refractivity contribution is 6.40. The van der Waals surface area contributed by atoms with Gasteiger partial charge in [-0.2, -0.15) is 0 Å². The van der Waals surface area contributed by atoms with Gasteiger partial charge in [-0.1, -0.05) is 43.2 Å². The Kier molecular flexibility index (Phi) is 14.3. The highest BCUT2D eigenvalue weighted by atomic mass is 35.5. The van der Waals surface area contributed by atoms with Crippen molar-refractivity contribution in [2.24, 2.45) is 5.73 Å². The van der Waals surface area contributed by atoms with Crippen molar-refractivity contribution in [2.45, 2.75) is 44.1 Å². The molecule has 0 amide bonds. The molecule has 138 valence electrons. The second-order valence-corrected chi connectivity index (χ2v) is 5.60. The Bertz CT molecular complexity index is 454. The molecule has 0 saturated heterocycles. The molecule has 0 spiro atoms. The van der Waals surface area contributed by atoms with E-state index < -0.39 is 18.6 Å². The maximum Gasteiger partial charge on any atom is 0.451 e. The monoisotopic (exact) mass is 380 g/mol. The highest BCUT2D eigenvalue weighted by Gasteiger charge is 2.32. The lowest BCUT2D eigenvalue weighted by Gasteiger charge is -2.25. The van der Waals surface area contributed by atoms with Gasteiger partial charge >= 0.3 is 13.1 Å². The van der Waals surface area contributed by atoms with Crippen LogP contribution in [0.1, 0.15) is 31.2 Å². The first-order valence-electron chi connectivity index (χ1n) is 7.57. The summed E-state index contributed by atoms with van der Waals surface area (Å²) in [5.74, 6) is -1.02. The van der Waals surface area contributed by atoms with Crippen LogP contribution in [0, 0.1) is 0 Å². The van der Waals surface area contributed by atoms with Gasteiger partial charge in [0.2, 0.25) is 0 Å². The maximum absolute atomic E-state index is 11.4. The summed E-state index contributed by atoms with van der Waals surface area (Å²) in [5.41, 5.74) is 5.84. The predicted molar refractivity (Wildman–Crippen MR) is 101 cm³/mol. The van der Waals surface area contributed by atoms with Gasteiger partial charge < -0.3 is 26.2 Å². The van der Waals surface area contributed by atoms with Gasteiger partial charge in [0.15, 0.2) is 0 Å². The Morgan fingerprint density at radius 2 is 1.75 bits per heavy atom. The number of carboxylic acid groups (broad SMARTS) is 1. The summed E-state index contributed by atoms with van der Waals surface area (Å²) in [6.07, 6.45) is 1.99. The molecule has 0 aliphatic carbocycles. The first-order valence-corrected chi connectivity index (χ1v) is 7.57. The van der Waals surface area contributed by atoms with E-state index in [-0.39, 0.29) is 31.1 Å². The average Bonchev–Trinajstić information content (AvgIpc) is 2.49.